The van der Waals surface area contributed by atoms with Gasteiger partial charge in [0.05, 0.1) is 19.5 Å². The number of aromatic hydroxyl groups is 1. The summed E-state index contributed by atoms with van der Waals surface area (Å²) >= 11 is 0. The quantitative estimate of drug-likeness (QED) is 0.0703. The summed E-state index contributed by atoms with van der Waals surface area (Å²) in [7, 11) is 0. The summed E-state index contributed by atoms with van der Waals surface area (Å²) in [5, 5.41) is 29.7. The maximum Gasteiger partial charge on any atom is 0.245 e. The van der Waals surface area contributed by atoms with E-state index in [0.717, 1.165) is 4.90 Å². The number of carbonyl (C=O) groups is 12. The van der Waals surface area contributed by atoms with E-state index in [9.17, 15) is 62.6 Å². The van der Waals surface area contributed by atoms with Crippen LogP contribution in [-0.4, -0.2) is 143 Å². The molecule has 2 heterocycles. The number of nitrogens with two attached hydrogens (primary N) is 3. The van der Waals surface area contributed by atoms with E-state index < -0.39 is 164 Å². The van der Waals surface area contributed by atoms with Gasteiger partial charge in [-0.1, -0.05) is 46.2 Å². The van der Waals surface area contributed by atoms with Gasteiger partial charge in [0.15, 0.2) is 0 Å². The van der Waals surface area contributed by atoms with Gasteiger partial charge in [0.1, 0.15) is 48.0 Å². The topological polar surface area (TPSA) is 403 Å². The van der Waals surface area contributed by atoms with Crippen LogP contribution in [0.25, 0.3) is 0 Å². The van der Waals surface area contributed by atoms with Crippen molar-refractivity contribution in [1.82, 2.24) is 47.4 Å². The fourth-order valence-electron chi connectivity index (χ4n) is 7.62. The molecule has 0 aromatic heterocycles. The van der Waals surface area contributed by atoms with Crippen LogP contribution in [0.4, 0.5) is 0 Å². The van der Waals surface area contributed by atoms with Crippen LogP contribution in [0.1, 0.15) is 91.0 Å². The van der Waals surface area contributed by atoms with Gasteiger partial charge in [0, 0.05) is 25.8 Å². The fraction of sp³-hybridized carbons (Fsp3) is 0.591. The van der Waals surface area contributed by atoms with Crippen LogP contribution < -0.4 is 59.7 Å². The lowest BCUT2D eigenvalue weighted by molar-refractivity contribution is -0.143. The highest BCUT2D eigenvalue weighted by Gasteiger charge is 2.41. The SMILES string of the molecule is CC[C@H](C)[C@@H]1NC(=O)[C@H](Cc2ccc(O)cc2)NC(=O)CNC(=O)CC[C@H](C(=O)N2CCC[C@H]2C(=O)N[C@@H](CC(C)C)C(=O)NCC(N)=O)NC(=O)[C@H](CC(N)=O)NC(=O)[C@H](CCC(N)=O)NC1=O. The minimum Gasteiger partial charge on any atom is -0.508 e. The van der Waals surface area contributed by atoms with Crippen LogP contribution >= 0.6 is 0 Å². The molecule has 8 atom stereocenters. The molecule has 1 aromatic rings. The van der Waals surface area contributed by atoms with Crippen LogP contribution in [0.3, 0.4) is 0 Å². The fourth-order valence-corrected chi connectivity index (χ4v) is 7.62. The Kier molecular flexibility index (Phi) is 21.8. The normalized spacial score (nSPS) is 23.1. The van der Waals surface area contributed by atoms with Crippen LogP contribution in [-0.2, 0) is 64.0 Å². The summed E-state index contributed by atoms with van der Waals surface area (Å²) in [4.78, 5) is 161. The van der Waals surface area contributed by atoms with Gasteiger partial charge >= 0.3 is 0 Å². The smallest absolute Gasteiger partial charge is 0.245 e. The Morgan fingerprint density at radius 1 is 0.768 bits per heavy atom. The number of benzene rings is 1. The molecule has 2 aliphatic heterocycles. The molecule has 12 amide bonds. The minimum absolute atomic E-state index is 0.0163. The number of phenolic OH excluding ortho intramolecular Hbond substituents is 1. The molecular weight excluding hydrogens is 905 g/mol. The van der Waals surface area contributed by atoms with E-state index in [0.29, 0.717) is 18.4 Å². The average Bonchev–Trinajstić information content (AvgIpc) is 3.78. The summed E-state index contributed by atoms with van der Waals surface area (Å²) in [5.74, 6) is -11.5. The summed E-state index contributed by atoms with van der Waals surface area (Å²) < 4.78 is 0. The molecule has 69 heavy (non-hydrogen) atoms. The molecule has 25 heteroatoms. The standard InChI is InChI=1S/C44H66N12O13/c1-5-23(4)37-43(68)51-26(12-14-32(45)58)39(64)53-30(19-33(46)59)40(65)52-27(13-15-35(61)48-21-36(62)50-29(41(66)55-37)18-24-8-10-25(57)11-9-24)44(69)56-16-6-7-31(56)42(67)54-28(17-22(2)3)38(63)49-20-34(47)60/h8-11,22-23,26-31,37,57H,5-7,12-21H2,1-4H3,(H2,45,58)(H2,46,59)(H2,47,60)(H,48,61)(H,49,63)(H,50,62)(H,51,68)(H,52,65)(H,53,64)(H,54,67)(H,55,66)/t23-,26-,27+,28-,29-,30-,31-,37-/m0/s1. The number of rotatable bonds is 17. The van der Waals surface area contributed by atoms with Gasteiger partial charge in [-0.3, -0.25) is 57.5 Å². The predicted octanol–water partition coefficient (Wildman–Crippen LogP) is -4.42. The minimum atomic E-state index is -1.82. The van der Waals surface area contributed by atoms with Crippen molar-refractivity contribution in [2.75, 3.05) is 19.6 Å². The van der Waals surface area contributed by atoms with Crippen molar-refractivity contribution >= 4 is 70.9 Å². The van der Waals surface area contributed by atoms with Crippen LogP contribution in [0.15, 0.2) is 24.3 Å². The Morgan fingerprint density at radius 3 is 2.01 bits per heavy atom. The van der Waals surface area contributed by atoms with E-state index in [1.54, 1.807) is 27.7 Å². The van der Waals surface area contributed by atoms with Crippen molar-refractivity contribution in [3.63, 3.8) is 0 Å². The summed E-state index contributed by atoms with van der Waals surface area (Å²) in [6.45, 7) is 5.76. The monoisotopic (exact) mass is 970 g/mol. The average molecular weight is 971 g/mol. The summed E-state index contributed by atoms with van der Waals surface area (Å²) in [5.41, 5.74) is 16.5. The third kappa shape index (κ3) is 18.3. The molecule has 0 unspecified atom stereocenters. The molecule has 380 valence electrons. The maximum absolute atomic E-state index is 14.4. The van der Waals surface area contributed by atoms with Gasteiger partial charge in [0.25, 0.3) is 0 Å². The molecule has 0 radical (unpaired) electrons. The number of nitrogens with zero attached hydrogens (tertiary/aromatic N) is 1. The lowest BCUT2D eigenvalue weighted by Gasteiger charge is -2.31. The summed E-state index contributed by atoms with van der Waals surface area (Å²) in [6.07, 6.45) is -1.97. The molecule has 2 saturated heterocycles. The third-order valence-corrected chi connectivity index (χ3v) is 11.5. The second-order valence-corrected chi connectivity index (χ2v) is 17.6. The van der Waals surface area contributed by atoms with Gasteiger partial charge in [0.2, 0.25) is 70.9 Å². The number of likely N-dealkylation sites (tertiary alicyclic amines) is 1. The molecule has 1 aromatic carbocycles. The van der Waals surface area contributed by atoms with Crippen molar-refractivity contribution in [2.45, 2.75) is 134 Å². The second kappa shape index (κ2) is 26.9. The van der Waals surface area contributed by atoms with E-state index in [4.69, 9.17) is 17.2 Å². The van der Waals surface area contributed by atoms with E-state index in [1.165, 1.54) is 24.3 Å². The van der Waals surface area contributed by atoms with Gasteiger partial charge in [-0.2, -0.15) is 0 Å². The van der Waals surface area contributed by atoms with Crippen molar-refractivity contribution in [3.8, 4) is 5.75 Å². The Balaban J connectivity index is 2.06. The Hall–Kier alpha value is -7.34. The molecular formula is C44H66N12O13. The van der Waals surface area contributed by atoms with E-state index in [-0.39, 0.29) is 37.5 Å². The Labute approximate surface area is 398 Å². The highest BCUT2D eigenvalue weighted by atomic mass is 16.3. The van der Waals surface area contributed by atoms with Crippen molar-refractivity contribution in [2.24, 2.45) is 29.0 Å². The zero-order valence-corrected chi connectivity index (χ0v) is 39.2. The number of amides is 12. The first-order chi connectivity index (χ1) is 32.5. The number of phenols is 1. The largest absolute Gasteiger partial charge is 0.508 e. The summed E-state index contributed by atoms with van der Waals surface area (Å²) in [6, 6.07) is -4.37. The zero-order valence-electron chi connectivity index (χ0n) is 39.2. The maximum atomic E-state index is 14.4. The van der Waals surface area contributed by atoms with Crippen LogP contribution in [0.2, 0.25) is 0 Å². The molecule has 0 bridgehead atoms. The Morgan fingerprint density at radius 2 is 1.41 bits per heavy atom. The van der Waals surface area contributed by atoms with E-state index in [2.05, 4.69) is 42.5 Å². The number of carbonyl (C=O) groups excluding carboxylic acids is 12. The Bertz CT molecular complexity index is 2080. The highest BCUT2D eigenvalue weighted by molar-refractivity contribution is 5.99. The number of hydrogen-bond acceptors (Lipinski definition) is 13. The van der Waals surface area contributed by atoms with Crippen molar-refractivity contribution < 1.29 is 62.6 Å². The lowest BCUT2D eigenvalue weighted by Crippen LogP contribution is -2.61. The van der Waals surface area contributed by atoms with Gasteiger partial charge < -0.3 is 69.7 Å². The van der Waals surface area contributed by atoms with Crippen LogP contribution in [0.5, 0.6) is 5.75 Å². The van der Waals surface area contributed by atoms with Crippen molar-refractivity contribution in [3.05, 3.63) is 29.8 Å². The molecule has 2 fully saturated rings. The molecule has 3 rings (SSSR count). The predicted molar refractivity (Wildman–Crippen MR) is 244 cm³/mol. The molecule has 15 N–H and O–H groups in total. The molecule has 25 nitrogen and oxygen atoms in total. The molecule has 0 aliphatic carbocycles. The van der Waals surface area contributed by atoms with Crippen LogP contribution in [0, 0.1) is 11.8 Å². The zero-order chi connectivity index (χ0) is 51.5. The first kappa shape index (κ1) is 56.0. The van der Waals surface area contributed by atoms with Gasteiger partial charge in [-0.15, -0.1) is 0 Å². The number of primary amides is 3. The molecule has 0 spiro atoms. The second-order valence-electron chi connectivity index (χ2n) is 17.6. The molecule has 2 aliphatic rings. The van der Waals surface area contributed by atoms with Gasteiger partial charge in [-0.25, -0.2) is 0 Å². The first-order valence-electron chi connectivity index (χ1n) is 22.8. The highest BCUT2D eigenvalue weighted by Crippen LogP contribution is 2.21. The lowest BCUT2D eigenvalue weighted by atomic mass is 9.96. The number of nitrogens with one attached hydrogen (secondary N) is 8. The van der Waals surface area contributed by atoms with E-state index in [1.807, 2.05) is 0 Å². The van der Waals surface area contributed by atoms with E-state index >= 15 is 0 Å². The van der Waals surface area contributed by atoms with Gasteiger partial charge in [-0.05, 0) is 61.6 Å². The number of hydrogen-bond donors (Lipinski definition) is 12. The third-order valence-electron chi connectivity index (χ3n) is 11.5. The molecule has 0 saturated carbocycles. The first-order valence-corrected chi connectivity index (χ1v) is 22.8. The van der Waals surface area contributed by atoms with Crippen molar-refractivity contribution in [1.29, 1.82) is 0 Å².